The first-order valence-electron chi connectivity index (χ1n) is 5.17. The fourth-order valence-electron chi connectivity index (χ4n) is 1.43. The summed E-state index contributed by atoms with van der Waals surface area (Å²) in [4.78, 5) is 4.42. The predicted octanol–water partition coefficient (Wildman–Crippen LogP) is 2.93. The monoisotopic (exact) mass is 192 g/mol. The summed E-state index contributed by atoms with van der Waals surface area (Å²) >= 11 is 0. The Labute approximate surface area is 84.2 Å². The van der Waals surface area contributed by atoms with Crippen LogP contribution in [0.25, 0.3) is 5.57 Å². The van der Waals surface area contributed by atoms with Gasteiger partial charge in [-0.05, 0) is 26.2 Å². The summed E-state index contributed by atoms with van der Waals surface area (Å²) < 4.78 is 5.22. The van der Waals surface area contributed by atoms with E-state index in [1.807, 2.05) is 6.92 Å². The molecule has 0 amide bonds. The lowest BCUT2D eigenvalue weighted by Crippen LogP contribution is -2.02. The summed E-state index contributed by atoms with van der Waals surface area (Å²) in [6, 6.07) is 0. The molecule has 0 N–H and O–H groups in total. The van der Waals surface area contributed by atoms with E-state index in [1.165, 1.54) is 12.8 Å². The summed E-state index contributed by atoms with van der Waals surface area (Å²) in [5.41, 5.74) is 1.28. The normalized spacial score (nSPS) is 19.8. The van der Waals surface area contributed by atoms with E-state index in [0.717, 1.165) is 17.8 Å². The van der Waals surface area contributed by atoms with Crippen molar-refractivity contribution in [3.8, 4) is 0 Å². The molecule has 0 bridgehead atoms. The molecule has 14 heavy (non-hydrogen) atoms. The van der Waals surface area contributed by atoms with Crippen LogP contribution >= 0.6 is 0 Å². The number of rotatable bonds is 3. The van der Waals surface area contributed by atoms with Gasteiger partial charge in [-0.25, -0.2) is 0 Å². The van der Waals surface area contributed by atoms with Crippen LogP contribution in [0.4, 0.5) is 0 Å². The van der Waals surface area contributed by atoms with Crippen LogP contribution < -0.4 is 0 Å². The zero-order chi connectivity index (χ0) is 10.2. The first-order chi connectivity index (χ1) is 6.65. The van der Waals surface area contributed by atoms with Crippen molar-refractivity contribution in [2.45, 2.75) is 45.4 Å². The van der Waals surface area contributed by atoms with Gasteiger partial charge >= 0.3 is 0 Å². The Kier molecular flexibility index (Phi) is 2.17. The summed E-state index contributed by atoms with van der Waals surface area (Å²) in [5, 5.41) is 4.03. The molecule has 2 rings (SSSR count). The summed E-state index contributed by atoms with van der Waals surface area (Å²) in [5.74, 6) is 1.55. The fraction of sp³-hybridized carbons (Fsp3) is 0.636. The first kappa shape index (κ1) is 9.44. The average molecular weight is 192 g/mol. The van der Waals surface area contributed by atoms with Crippen LogP contribution in [0, 0.1) is 0 Å². The van der Waals surface area contributed by atoms with Gasteiger partial charge in [0.05, 0.1) is 0 Å². The quantitative estimate of drug-likeness (QED) is 0.739. The molecule has 3 nitrogen and oxygen atoms in total. The van der Waals surface area contributed by atoms with E-state index in [-0.39, 0.29) is 5.41 Å². The van der Waals surface area contributed by atoms with Crippen LogP contribution in [0.3, 0.4) is 0 Å². The van der Waals surface area contributed by atoms with Gasteiger partial charge in [-0.15, -0.1) is 0 Å². The second-order valence-electron chi connectivity index (χ2n) is 4.28. The molecule has 1 aromatic heterocycles. The van der Waals surface area contributed by atoms with E-state index in [9.17, 15) is 0 Å². The van der Waals surface area contributed by atoms with Gasteiger partial charge in [0.15, 0.2) is 5.82 Å². The second kappa shape index (κ2) is 3.23. The Hall–Kier alpha value is -1.12. The number of allylic oxidation sites excluding steroid dienone is 2. The lowest BCUT2D eigenvalue weighted by atomic mass is 10.1. The molecule has 1 fully saturated rings. The molecule has 0 saturated heterocycles. The highest BCUT2D eigenvalue weighted by Crippen LogP contribution is 2.46. The smallest absolute Gasteiger partial charge is 0.253 e. The summed E-state index contributed by atoms with van der Waals surface area (Å²) in [7, 11) is 0. The number of nitrogens with zero attached hydrogens (tertiary/aromatic N) is 2. The molecule has 3 heteroatoms. The maximum atomic E-state index is 5.22. The van der Waals surface area contributed by atoms with E-state index in [2.05, 4.69) is 30.1 Å². The predicted molar refractivity (Wildman–Crippen MR) is 54.8 cm³/mol. The minimum absolute atomic E-state index is 0.203. The van der Waals surface area contributed by atoms with Gasteiger partial charge in [0.25, 0.3) is 5.89 Å². The van der Waals surface area contributed by atoms with Crippen LogP contribution in [0.2, 0.25) is 0 Å². The van der Waals surface area contributed by atoms with Crippen LogP contribution in [-0.4, -0.2) is 10.1 Å². The second-order valence-corrected chi connectivity index (χ2v) is 4.28. The fourth-order valence-corrected chi connectivity index (χ4v) is 1.43. The molecule has 0 aliphatic heterocycles. The third-order valence-electron chi connectivity index (χ3n) is 2.81. The topological polar surface area (TPSA) is 38.9 Å². The Balaban J connectivity index is 2.21. The molecule has 1 heterocycles. The van der Waals surface area contributed by atoms with Gasteiger partial charge in [0.2, 0.25) is 0 Å². The van der Waals surface area contributed by atoms with E-state index in [1.54, 1.807) is 0 Å². The molecular weight excluding hydrogens is 176 g/mol. The van der Waals surface area contributed by atoms with Crippen molar-refractivity contribution in [3.63, 3.8) is 0 Å². The molecule has 0 atom stereocenters. The standard InChI is InChI=1S/C11H16N2O/c1-4-5-8(2)9-12-10(13-14-9)11(3)6-7-11/h5H,4,6-7H2,1-3H3/b8-5+. The molecule has 0 unspecified atom stereocenters. The number of hydrogen-bond donors (Lipinski definition) is 0. The maximum absolute atomic E-state index is 5.22. The van der Waals surface area contributed by atoms with E-state index in [4.69, 9.17) is 4.52 Å². The van der Waals surface area contributed by atoms with Gasteiger partial charge in [0, 0.05) is 11.0 Å². The van der Waals surface area contributed by atoms with Crippen molar-refractivity contribution in [3.05, 3.63) is 17.8 Å². The molecule has 0 aromatic carbocycles. The summed E-state index contributed by atoms with van der Waals surface area (Å²) in [6.07, 6.45) is 5.47. The van der Waals surface area contributed by atoms with Gasteiger partial charge in [-0.1, -0.05) is 25.1 Å². The van der Waals surface area contributed by atoms with Crippen LogP contribution in [0.15, 0.2) is 10.6 Å². The molecule has 1 aliphatic carbocycles. The highest BCUT2D eigenvalue weighted by molar-refractivity contribution is 5.55. The molecule has 1 aromatic rings. The van der Waals surface area contributed by atoms with Crippen molar-refractivity contribution in [2.75, 3.05) is 0 Å². The molecular formula is C11H16N2O. The van der Waals surface area contributed by atoms with Crippen LogP contribution in [0.5, 0.6) is 0 Å². The molecule has 1 aliphatic rings. The minimum atomic E-state index is 0.203. The number of hydrogen-bond acceptors (Lipinski definition) is 3. The number of aromatic nitrogens is 2. The highest BCUT2D eigenvalue weighted by Gasteiger charge is 2.43. The average Bonchev–Trinajstić information content (AvgIpc) is 2.72. The van der Waals surface area contributed by atoms with Crippen molar-refractivity contribution in [1.82, 2.24) is 10.1 Å². The SMILES string of the molecule is CC/C=C(\C)c1nc(C2(C)CC2)no1. The minimum Gasteiger partial charge on any atom is -0.334 e. The van der Waals surface area contributed by atoms with Gasteiger partial charge in [-0.3, -0.25) is 0 Å². The third-order valence-corrected chi connectivity index (χ3v) is 2.81. The lowest BCUT2D eigenvalue weighted by Gasteiger charge is -1.97. The van der Waals surface area contributed by atoms with Crippen molar-refractivity contribution in [1.29, 1.82) is 0 Å². The Bertz CT molecular complexity index is 361. The van der Waals surface area contributed by atoms with Crippen molar-refractivity contribution < 1.29 is 4.52 Å². The van der Waals surface area contributed by atoms with Gasteiger partial charge < -0.3 is 4.52 Å². The molecule has 0 spiro atoms. The van der Waals surface area contributed by atoms with Gasteiger partial charge in [-0.2, -0.15) is 4.98 Å². The maximum Gasteiger partial charge on any atom is 0.253 e. The largest absolute Gasteiger partial charge is 0.334 e. The summed E-state index contributed by atoms with van der Waals surface area (Å²) in [6.45, 7) is 6.29. The Morgan fingerprint density at radius 2 is 2.29 bits per heavy atom. The first-order valence-corrected chi connectivity index (χ1v) is 5.17. The lowest BCUT2D eigenvalue weighted by molar-refractivity contribution is 0.395. The van der Waals surface area contributed by atoms with Crippen molar-refractivity contribution >= 4 is 5.57 Å². The van der Waals surface area contributed by atoms with Crippen molar-refractivity contribution in [2.24, 2.45) is 0 Å². The van der Waals surface area contributed by atoms with E-state index >= 15 is 0 Å². The zero-order valence-electron chi connectivity index (χ0n) is 9.00. The third kappa shape index (κ3) is 1.59. The molecule has 76 valence electrons. The Morgan fingerprint density at radius 1 is 1.57 bits per heavy atom. The van der Waals surface area contributed by atoms with Gasteiger partial charge in [0.1, 0.15) is 0 Å². The zero-order valence-corrected chi connectivity index (χ0v) is 9.00. The highest BCUT2D eigenvalue weighted by atomic mass is 16.5. The van der Waals surface area contributed by atoms with E-state index < -0.39 is 0 Å². The Morgan fingerprint density at radius 3 is 2.86 bits per heavy atom. The van der Waals surface area contributed by atoms with Crippen LogP contribution in [-0.2, 0) is 5.41 Å². The van der Waals surface area contributed by atoms with E-state index in [0.29, 0.717) is 5.89 Å². The molecule has 0 radical (unpaired) electrons. The molecule has 1 saturated carbocycles. The van der Waals surface area contributed by atoms with Crippen LogP contribution in [0.1, 0.15) is 51.7 Å².